The van der Waals surface area contributed by atoms with Gasteiger partial charge in [0.2, 0.25) is 5.91 Å². The molecule has 1 amide bonds. The lowest BCUT2D eigenvalue weighted by atomic mass is 9.85. The lowest BCUT2D eigenvalue weighted by Crippen LogP contribution is -2.39. The molecular formula is C30H29NO7. The van der Waals surface area contributed by atoms with Crippen molar-refractivity contribution in [2.24, 2.45) is 5.92 Å². The van der Waals surface area contributed by atoms with Crippen molar-refractivity contribution in [3.05, 3.63) is 95.6 Å². The van der Waals surface area contributed by atoms with Crippen LogP contribution in [0.15, 0.2) is 78.9 Å². The molecule has 1 unspecified atom stereocenters. The van der Waals surface area contributed by atoms with Gasteiger partial charge in [0.05, 0.1) is 20.3 Å². The molecular weight excluding hydrogens is 486 g/mol. The Morgan fingerprint density at radius 2 is 1.24 bits per heavy atom. The van der Waals surface area contributed by atoms with E-state index in [9.17, 15) is 24.6 Å². The fraction of sp³-hybridized carbons (Fsp3) is 0.167. The predicted octanol–water partition coefficient (Wildman–Crippen LogP) is 4.47. The van der Waals surface area contributed by atoms with E-state index in [0.29, 0.717) is 16.7 Å². The highest BCUT2D eigenvalue weighted by atomic mass is 16.5. The average molecular weight is 516 g/mol. The second-order valence-corrected chi connectivity index (χ2v) is 8.40. The Balaban J connectivity index is 2.00. The zero-order valence-electron chi connectivity index (χ0n) is 21.3. The van der Waals surface area contributed by atoms with E-state index in [-0.39, 0.29) is 23.0 Å². The third-order valence-electron chi connectivity index (χ3n) is 5.75. The molecule has 3 rings (SSSR count). The number of phenols is 2. The number of aromatic hydroxyl groups is 2. The van der Waals surface area contributed by atoms with E-state index < -0.39 is 29.4 Å². The molecule has 0 spiro atoms. The molecule has 0 aromatic heterocycles. The normalized spacial score (nSPS) is 12.0. The summed E-state index contributed by atoms with van der Waals surface area (Å²) < 4.78 is 10.2. The van der Waals surface area contributed by atoms with E-state index in [4.69, 9.17) is 9.47 Å². The average Bonchev–Trinajstić information content (AvgIpc) is 2.92. The Bertz CT molecular complexity index is 1290. The van der Waals surface area contributed by atoms with Gasteiger partial charge in [-0.1, -0.05) is 54.6 Å². The fourth-order valence-corrected chi connectivity index (χ4v) is 3.87. The summed E-state index contributed by atoms with van der Waals surface area (Å²) >= 11 is 0. The zero-order valence-corrected chi connectivity index (χ0v) is 21.3. The van der Waals surface area contributed by atoms with Crippen LogP contribution >= 0.6 is 0 Å². The first-order valence-corrected chi connectivity index (χ1v) is 11.7. The largest absolute Gasteiger partial charge is 0.504 e. The molecule has 8 heteroatoms. The molecule has 3 N–H and O–H groups in total. The van der Waals surface area contributed by atoms with Crippen LogP contribution in [0.3, 0.4) is 0 Å². The summed E-state index contributed by atoms with van der Waals surface area (Å²) in [5.41, 5.74) is 1.73. The highest BCUT2D eigenvalue weighted by Crippen LogP contribution is 2.29. The smallest absolute Gasteiger partial charge is 0.217 e. The number of rotatable bonds is 11. The van der Waals surface area contributed by atoms with Crippen LogP contribution in [0.1, 0.15) is 29.7 Å². The lowest BCUT2D eigenvalue weighted by Gasteiger charge is -2.25. The van der Waals surface area contributed by atoms with Gasteiger partial charge in [0.15, 0.2) is 34.6 Å². The van der Waals surface area contributed by atoms with Crippen molar-refractivity contribution in [1.82, 2.24) is 5.32 Å². The maximum Gasteiger partial charge on any atom is 0.217 e. The van der Waals surface area contributed by atoms with E-state index >= 15 is 0 Å². The molecule has 1 atom stereocenters. The topological polar surface area (TPSA) is 122 Å². The van der Waals surface area contributed by atoms with Crippen LogP contribution < -0.4 is 14.8 Å². The first-order chi connectivity index (χ1) is 18.2. The van der Waals surface area contributed by atoms with Gasteiger partial charge in [-0.15, -0.1) is 0 Å². The van der Waals surface area contributed by atoms with E-state index in [0.717, 1.165) is 0 Å². The molecule has 0 aliphatic heterocycles. The summed E-state index contributed by atoms with van der Waals surface area (Å²) in [5.74, 6) is -2.35. The maximum atomic E-state index is 13.5. The minimum Gasteiger partial charge on any atom is -0.504 e. The van der Waals surface area contributed by atoms with Gasteiger partial charge in [0.25, 0.3) is 0 Å². The number of benzene rings is 3. The van der Waals surface area contributed by atoms with E-state index in [2.05, 4.69) is 5.32 Å². The van der Waals surface area contributed by atoms with Crippen LogP contribution in [-0.4, -0.2) is 41.9 Å². The van der Waals surface area contributed by atoms with Gasteiger partial charge in [-0.05, 0) is 53.1 Å². The van der Waals surface area contributed by atoms with Crippen LogP contribution in [-0.2, 0) is 14.4 Å². The third kappa shape index (κ3) is 7.10. The number of hydrogen-bond donors (Lipinski definition) is 3. The molecule has 3 aromatic rings. The number of hydrogen-bond acceptors (Lipinski definition) is 7. The van der Waals surface area contributed by atoms with E-state index in [1.807, 2.05) is 0 Å². The first-order valence-electron chi connectivity index (χ1n) is 11.7. The highest BCUT2D eigenvalue weighted by Gasteiger charge is 2.34. The number of ketones is 2. The Kier molecular flexibility index (Phi) is 9.42. The van der Waals surface area contributed by atoms with Crippen molar-refractivity contribution in [3.8, 4) is 23.0 Å². The Morgan fingerprint density at radius 1 is 0.763 bits per heavy atom. The van der Waals surface area contributed by atoms with Gasteiger partial charge in [0, 0.05) is 6.92 Å². The number of carbonyl (C=O) groups excluding carboxylic acids is 3. The summed E-state index contributed by atoms with van der Waals surface area (Å²) in [6, 6.07) is 17.0. The molecule has 0 radical (unpaired) electrons. The molecule has 0 bridgehead atoms. The van der Waals surface area contributed by atoms with Gasteiger partial charge >= 0.3 is 0 Å². The molecule has 0 saturated heterocycles. The number of nitrogens with one attached hydrogen (secondary N) is 1. The van der Waals surface area contributed by atoms with Crippen molar-refractivity contribution in [2.45, 2.75) is 13.0 Å². The van der Waals surface area contributed by atoms with Crippen LogP contribution in [0.25, 0.3) is 12.2 Å². The summed E-state index contributed by atoms with van der Waals surface area (Å²) in [6.07, 6.45) is 5.55. The summed E-state index contributed by atoms with van der Waals surface area (Å²) in [6.45, 7) is 1.32. The minimum absolute atomic E-state index is 0.0465. The predicted molar refractivity (Wildman–Crippen MR) is 144 cm³/mol. The van der Waals surface area contributed by atoms with Crippen LogP contribution in [0.5, 0.6) is 23.0 Å². The van der Waals surface area contributed by atoms with Gasteiger partial charge in [-0.3, -0.25) is 14.4 Å². The first kappa shape index (κ1) is 27.7. The Morgan fingerprint density at radius 3 is 1.66 bits per heavy atom. The highest BCUT2D eigenvalue weighted by molar-refractivity contribution is 6.14. The number of carbonyl (C=O) groups is 3. The quantitative estimate of drug-likeness (QED) is 0.254. The number of amides is 1. The second-order valence-electron chi connectivity index (χ2n) is 8.40. The van der Waals surface area contributed by atoms with Crippen molar-refractivity contribution in [1.29, 1.82) is 0 Å². The van der Waals surface area contributed by atoms with Crippen molar-refractivity contribution in [2.75, 3.05) is 14.2 Å². The van der Waals surface area contributed by atoms with Crippen LogP contribution in [0.4, 0.5) is 0 Å². The minimum atomic E-state index is -1.27. The summed E-state index contributed by atoms with van der Waals surface area (Å²) in [4.78, 5) is 39.1. The zero-order chi connectivity index (χ0) is 27.7. The lowest BCUT2D eigenvalue weighted by molar-refractivity contribution is -0.129. The molecule has 8 nitrogen and oxygen atoms in total. The molecule has 0 aliphatic carbocycles. The number of allylic oxidation sites excluding steroid dienone is 2. The molecule has 0 aliphatic rings. The van der Waals surface area contributed by atoms with Gasteiger partial charge in [0.1, 0.15) is 5.92 Å². The van der Waals surface area contributed by atoms with E-state index in [1.165, 1.54) is 57.6 Å². The van der Waals surface area contributed by atoms with Crippen molar-refractivity contribution >= 4 is 29.6 Å². The number of phenolic OH excluding ortho intramolecular Hbond substituents is 2. The van der Waals surface area contributed by atoms with Crippen LogP contribution in [0.2, 0.25) is 0 Å². The monoisotopic (exact) mass is 515 g/mol. The molecule has 0 saturated carbocycles. The van der Waals surface area contributed by atoms with Gasteiger partial charge in [-0.25, -0.2) is 0 Å². The third-order valence-corrected chi connectivity index (χ3v) is 5.75. The van der Waals surface area contributed by atoms with Crippen molar-refractivity contribution < 1.29 is 34.1 Å². The SMILES string of the molecule is COc1cc(/C=C/C(=O)C(C(=O)/C=C/c2ccc(O)c(OC)c2)C(NC(C)=O)c2ccccc2)ccc1O. The van der Waals surface area contributed by atoms with E-state index in [1.54, 1.807) is 54.6 Å². The van der Waals surface area contributed by atoms with Crippen molar-refractivity contribution in [3.63, 3.8) is 0 Å². The molecule has 3 aromatic carbocycles. The Labute approximate surface area is 220 Å². The number of ether oxygens (including phenoxy) is 2. The molecule has 196 valence electrons. The van der Waals surface area contributed by atoms with Gasteiger partial charge in [-0.2, -0.15) is 0 Å². The summed E-state index contributed by atoms with van der Waals surface area (Å²) in [7, 11) is 2.83. The molecule has 0 heterocycles. The fourth-order valence-electron chi connectivity index (χ4n) is 3.87. The van der Waals surface area contributed by atoms with Crippen LogP contribution in [0, 0.1) is 5.92 Å². The second kappa shape index (κ2) is 12.9. The maximum absolute atomic E-state index is 13.5. The standard InChI is InChI=1S/C30H29NO7/c1-19(32)31-30(22-7-5-4-6-8-22)29(25(35)15-11-20-9-13-23(33)27(17-20)37-2)26(36)16-12-21-10-14-24(34)28(18-21)38-3/h4-18,29-30,33-34H,1-3H3,(H,31,32)/b15-11+,16-12+. The number of methoxy groups -OCH3 is 2. The molecule has 0 fully saturated rings. The van der Waals surface area contributed by atoms with Gasteiger partial charge < -0.3 is 25.0 Å². The molecule has 38 heavy (non-hydrogen) atoms. The Hall–Kier alpha value is -4.85. The summed E-state index contributed by atoms with van der Waals surface area (Å²) in [5, 5.41) is 22.4.